The van der Waals surface area contributed by atoms with Crippen molar-refractivity contribution in [2.45, 2.75) is 36.0 Å². The monoisotopic (exact) mass is 493 g/mol. The van der Waals surface area contributed by atoms with Crippen LogP contribution in [0, 0.1) is 6.92 Å². The van der Waals surface area contributed by atoms with Crippen LogP contribution in [0.25, 0.3) is 0 Å². The molecule has 2 aromatic carbocycles. The number of rotatable bonds is 5. The standard InChI is InChI=1S/C22H24ClN3O4S2/c1-15-4-5-16(23)12-18(15)24-21(27)14-26-19-13-17(32(29,30)25-9-2-3-10-25)6-7-20(19)31-11-8-22(26)28/h4-7,12-13H,2-3,8-11,14H2,1H3,(H,24,27). The fourth-order valence-electron chi connectivity index (χ4n) is 3.82. The molecular formula is C22H24ClN3O4S2. The molecule has 1 fully saturated rings. The predicted molar refractivity (Wildman–Crippen MR) is 127 cm³/mol. The highest BCUT2D eigenvalue weighted by molar-refractivity contribution is 7.99. The summed E-state index contributed by atoms with van der Waals surface area (Å²) in [6, 6.07) is 10.0. The highest BCUT2D eigenvalue weighted by Gasteiger charge is 2.31. The van der Waals surface area contributed by atoms with Crippen LogP contribution < -0.4 is 10.2 Å². The Morgan fingerprint density at radius 2 is 1.91 bits per heavy atom. The highest BCUT2D eigenvalue weighted by Crippen LogP contribution is 2.37. The summed E-state index contributed by atoms with van der Waals surface area (Å²) in [5.41, 5.74) is 1.88. The second-order valence-electron chi connectivity index (χ2n) is 7.83. The number of hydrogen-bond acceptors (Lipinski definition) is 5. The Bertz CT molecular complexity index is 1160. The Morgan fingerprint density at radius 3 is 2.66 bits per heavy atom. The van der Waals surface area contributed by atoms with Gasteiger partial charge in [0.1, 0.15) is 6.54 Å². The molecule has 0 saturated carbocycles. The van der Waals surface area contributed by atoms with Crippen molar-refractivity contribution in [2.24, 2.45) is 0 Å². The molecule has 10 heteroatoms. The van der Waals surface area contributed by atoms with Crippen LogP contribution in [0.5, 0.6) is 0 Å². The van der Waals surface area contributed by atoms with E-state index in [1.165, 1.54) is 27.0 Å². The van der Waals surface area contributed by atoms with Crippen molar-refractivity contribution in [2.75, 3.05) is 35.6 Å². The highest BCUT2D eigenvalue weighted by atomic mass is 35.5. The first-order valence-corrected chi connectivity index (χ1v) is 13.2. The summed E-state index contributed by atoms with van der Waals surface area (Å²) in [5.74, 6) is -0.0328. The number of nitrogens with zero attached hydrogens (tertiary/aromatic N) is 2. The summed E-state index contributed by atoms with van der Waals surface area (Å²) in [7, 11) is -3.64. The Labute approximate surface area is 197 Å². The minimum Gasteiger partial charge on any atom is -0.324 e. The van der Waals surface area contributed by atoms with Gasteiger partial charge in [-0.15, -0.1) is 11.8 Å². The number of amides is 2. The van der Waals surface area contributed by atoms with Gasteiger partial charge >= 0.3 is 0 Å². The minimum atomic E-state index is -3.64. The van der Waals surface area contributed by atoms with Gasteiger partial charge in [0.2, 0.25) is 21.8 Å². The van der Waals surface area contributed by atoms with Crippen LogP contribution in [-0.4, -0.2) is 49.9 Å². The van der Waals surface area contributed by atoms with Crippen molar-refractivity contribution in [3.63, 3.8) is 0 Å². The molecule has 7 nitrogen and oxygen atoms in total. The number of hydrogen-bond donors (Lipinski definition) is 1. The lowest BCUT2D eigenvalue weighted by Gasteiger charge is -2.24. The van der Waals surface area contributed by atoms with E-state index in [0.717, 1.165) is 23.3 Å². The van der Waals surface area contributed by atoms with Gasteiger partial charge in [-0.25, -0.2) is 8.42 Å². The van der Waals surface area contributed by atoms with E-state index >= 15 is 0 Å². The van der Waals surface area contributed by atoms with Crippen molar-refractivity contribution in [3.05, 3.63) is 47.0 Å². The summed E-state index contributed by atoms with van der Waals surface area (Å²) in [6.45, 7) is 2.63. The van der Waals surface area contributed by atoms with Crippen LogP contribution in [0.1, 0.15) is 24.8 Å². The molecule has 2 aliphatic heterocycles. The molecule has 0 radical (unpaired) electrons. The quantitative estimate of drug-likeness (QED) is 0.682. The maximum absolute atomic E-state index is 13.1. The van der Waals surface area contributed by atoms with Crippen LogP contribution in [0.2, 0.25) is 5.02 Å². The topological polar surface area (TPSA) is 86.8 Å². The molecule has 0 aliphatic carbocycles. The molecule has 32 heavy (non-hydrogen) atoms. The van der Waals surface area contributed by atoms with E-state index in [9.17, 15) is 18.0 Å². The Kier molecular flexibility index (Phi) is 6.80. The van der Waals surface area contributed by atoms with Crippen LogP contribution in [0.3, 0.4) is 0 Å². The fourth-order valence-corrected chi connectivity index (χ4v) is 6.51. The van der Waals surface area contributed by atoms with Gasteiger partial charge in [-0.3, -0.25) is 9.59 Å². The lowest BCUT2D eigenvalue weighted by atomic mass is 10.2. The number of benzene rings is 2. The number of anilines is 2. The van der Waals surface area contributed by atoms with Crippen molar-refractivity contribution >= 4 is 56.6 Å². The SMILES string of the molecule is Cc1ccc(Cl)cc1NC(=O)CN1C(=O)CCSc2ccc(S(=O)(=O)N3CCCC3)cc21. The number of fused-ring (bicyclic) bond motifs is 1. The zero-order valence-corrected chi connectivity index (χ0v) is 20.0. The first-order valence-electron chi connectivity index (χ1n) is 10.4. The summed E-state index contributed by atoms with van der Waals surface area (Å²) in [6.07, 6.45) is 1.94. The maximum atomic E-state index is 13.1. The number of halogens is 1. The van der Waals surface area contributed by atoms with Gasteiger partial charge in [0.05, 0.1) is 10.6 Å². The molecular weight excluding hydrogens is 470 g/mol. The van der Waals surface area contributed by atoms with Gasteiger partial charge in [-0.1, -0.05) is 17.7 Å². The molecule has 2 amide bonds. The third kappa shape index (κ3) is 4.80. The summed E-state index contributed by atoms with van der Waals surface area (Å²) >= 11 is 7.52. The predicted octanol–water partition coefficient (Wildman–Crippen LogP) is 3.90. The lowest BCUT2D eigenvalue weighted by Crippen LogP contribution is -2.38. The average molecular weight is 494 g/mol. The van der Waals surface area contributed by atoms with Gasteiger partial charge in [0.15, 0.2) is 0 Å². The van der Waals surface area contributed by atoms with Gasteiger partial charge < -0.3 is 10.2 Å². The molecule has 4 rings (SSSR count). The first-order chi connectivity index (χ1) is 15.3. The van der Waals surface area contributed by atoms with Crippen LogP contribution in [0.4, 0.5) is 11.4 Å². The van der Waals surface area contributed by atoms with Gasteiger partial charge in [0.25, 0.3) is 0 Å². The lowest BCUT2D eigenvalue weighted by molar-refractivity contribution is -0.121. The number of aryl methyl sites for hydroxylation is 1. The van der Waals surface area contributed by atoms with Crippen molar-refractivity contribution < 1.29 is 18.0 Å². The normalized spacial score (nSPS) is 17.2. The van der Waals surface area contributed by atoms with Gasteiger partial charge in [0, 0.05) is 40.9 Å². The molecule has 0 atom stereocenters. The zero-order chi connectivity index (χ0) is 22.9. The summed E-state index contributed by atoms with van der Waals surface area (Å²) < 4.78 is 27.6. The van der Waals surface area contributed by atoms with Gasteiger partial charge in [-0.05, 0) is 55.7 Å². The molecule has 170 valence electrons. The van der Waals surface area contributed by atoms with E-state index in [-0.39, 0.29) is 29.7 Å². The van der Waals surface area contributed by atoms with E-state index in [1.54, 1.807) is 30.3 Å². The molecule has 0 aromatic heterocycles. The second-order valence-corrected chi connectivity index (χ2v) is 11.3. The van der Waals surface area contributed by atoms with E-state index in [2.05, 4.69) is 5.32 Å². The van der Waals surface area contributed by atoms with E-state index in [1.807, 2.05) is 6.92 Å². The van der Waals surface area contributed by atoms with E-state index in [0.29, 0.717) is 35.2 Å². The summed E-state index contributed by atoms with van der Waals surface area (Å²) in [4.78, 5) is 28.0. The summed E-state index contributed by atoms with van der Waals surface area (Å²) in [5, 5.41) is 3.30. The Hall–Kier alpha value is -2.07. The molecule has 1 saturated heterocycles. The maximum Gasteiger partial charge on any atom is 0.244 e. The Morgan fingerprint density at radius 1 is 1.16 bits per heavy atom. The molecule has 0 bridgehead atoms. The molecule has 0 unspecified atom stereocenters. The molecule has 1 N–H and O–H groups in total. The average Bonchev–Trinajstić information content (AvgIpc) is 3.26. The third-order valence-corrected chi connectivity index (χ3v) is 8.77. The molecule has 0 spiro atoms. The minimum absolute atomic E-state index is 0.143. The number of sulfonamides is 1. The van der Waals surface area contributed by atoms with Crippen LogP contribution >= 0.6 is 23.4 Å². The van der Waals surface area contributed by atoms with Crippen molar-refractivity contribution in [3.8, 4) is 0 Å². The van der Waals surface area contributed by atoms with Crippen molar-refractivity contribution in [1.29, 1.82) is 0 Å². The third-order valence-electron chi connectivity index (χ3n) is 5.57. The van der Waals surface area contributed by atoms with Crippen LogP contribution in [0.15, 0.2) is 46.2 Å². The largest absolute Gasteiger partial charge is 0.324 e. The fraction of sp³-hybridized carbons (Fsp3) is 0.364. The van der Waals surface area contributed by atoms with Crippen molar-refractivity contribution in [1.82, 2.24) is 4.31 Å². The number of thioether (sulfide) groups is 1. The molecule has 2 aromatic rings. The number of carbonyl (C=O) groups is 2. The second kappa shape index (κ2) is 9.43. The smallest absolute Gasteiger partial charge is 0.244 e. The first kappa shape index (κ1) is 23.1. The zero-order valence-electron chi connectivity index (χ0n) is 17.6. The molecule has 2 aliphatic rings. The Balaban J connectivity index is 1.63. The van der Waals surface area contributed by atoms with Crippen LogP contribution in [-0.2, 0) is 19.6 Å². The molecule has 2 heterocycles. The van der Waals surface area contributed by atoms with Gasteiger partial charge in [-0.2, -0.15) is 4.31 Å². The number of nitrogens with one attached hydrogen (secondary N) is 1. The van der Waals surface area contributed by atoms with E-state index in [4.69, 9.17) is 11.6 Å². The van der Waals surface area contributed by atoms with E-state index < -0.39 is 10.0 Å². The number of carbonyl (C=O) groups excluding carboxylic acids is 2.